The summed E-state index contributed by atoms with van der Waals surface area (Å²) in [4.78, 5) is 12.4. The van der Waals surface area contributed by atoms with Gasteiger partial charge in [0.15, 0.2) is 0 Å². The molecule has 1 saturated heterocycles. The predicted octanol–water partition coefficient (Wildman–Crippen LogP) is 4.39. The molecular formula is C32H33BO2P2. The summed E-state index contributed by atoms with van der Waals surface area (Å²) in [7, 11) is -1.13. The summed E-state index contributed by atoms with van der Waals surface area (Å²) in [5.74, 6) is 0.720. The molecule has 1 aliphatic carbocycles. The Bertz CT molecular complexity index is 1210. The molecule has 37 heavy (non-hydrogen) atoms. The molecule has 0 aromatic heterocycles. The van der Waals surface area contributed by atoms with Gasteiger partial charge in [-0.2, -0.15) is 0 Å². The van der Waals surface area contributed by atoms with Crippen molar-refractivity contribution in [1.29, 1.82) is 0 Å². The highest BCUT2D eigenvalue weighted by molar-refractivity contribution is 7.74. The maximum absolute atomic E-state index is 12.4. The number of fused-ring (bicyclic) bond motifs is 1. The van der Waals surface area contributed by atoms with Crippen LogP contribution in [0.25, 0.3) is 0 Å². The second-order valence-electron chi connectivity index (χ2n) is 9.69. The number of hydrogen-bond acceptors (Lipinski definition) is 2. The normalized spacial score (nSPS) is 22.5. The average molecular weight is 522 g/mol. The van der Waals surface area contributed by atoms with Gasteiger partial charge in [-0.15, -0.1) is 0 Å². The van der Waals surface area contributed by atoms with Crippen LogP contribution in [0.5, 0.6) is 0 Å². The largest absolute Gasteiger partial charge is 0.462 e. The van der Waals surface area contributed by atoms with Gasteiger partial charge in [-0.05, 0) is 61.2 Å². The Morgan fingerprint density at radius 3 is 1.54 bits per heavy atom. The van der Waals surface area contributed by atoms with Crippen LogP contribution in [-0.2, 0) is 9.53 Å². The van der Waals surface area contributed by atoms with Crippen molar-refractivity contribution in [3.63, 3.8) is 0 Å². The van der Waals surface area contributed by atoms with Crippen LogP contribution in [0.15, 0.2) is 121 Å². The molecule has 4 atom stereocenters. The zero-order valence-electron chi connectivity index (χ0n) is 20.2. The second kappa shape index (κ2) is 11.8. The molecule has 5 heteroatoms. The summed E-state index contributed by atoms with van der Waals surface area (Å²) in [5.41, 5.74) is 0.477. The lowest BCUT2D eigenvalue weighted by atomic mass is 9.95. The van der Waals surface area contributed by atoms with E-state index in [1.807, 2.05) is 0 Å². The van der Waals surface area contributed by atoms with E-state index in [9.17, 15) is 4.79 Å². The predicted molar refractivity (Wildman–Crippen MR) is 163 cm³/mol. The Morgan fingerprint density at radius 2 is 1.08 bits per heavy atom. The van der Waals surface area contributed by atoms with Crippen LogP contribution >= 0.6 is 15.8 Å². The van der Waals surface area contributed by atoms with Crippen LogP contribution in [-0.4, -0.2) is 32.3 Å². The molecule has 0 radical (unpaired) electrons. The molecule has 4 aromatic carbocycles. The quantitative estimate of drug-likeness (QED) is 0.205. The number of rotatable bonds is 7. The number of ether oxygens (including phenoxy) is 1. The van der Waals surface area contributed by atoms with Crippen LogP contribution in [0.2, 0.25) is 0 Å². The van der Waals surface area contributed by atoms with Crippen molar-refractivity contribution in [2.75, 3.05) is 6.16 Å². The molecule has 0 unspecified atom stereocenters. The molecule has 0 amide bonds. The molecule has 0 spiro atoms. The highest BCUT2D eigenvalue weighted by Crippen LogP contribution is 2.57. The molecular weight excluding hydrogens is 489 g/mol. The molecule has 1 aliphatic heterocycles. The molecule has 2 nitrogen and oxygen atoms in total. The SMILES string of the molecule is B.O=C1C[C@@H]2[C@@H](CP(c3ccccc3)c3ccccc3)[C@@H](P(c3ccccc3)c3ccccc3)C[C@@H]2O1. The summed E-state index contributed by atoms with van der Waals surface area (Å²) in [6.07, 6.45) is 2.66. The maximum atomic E-state index is 12.4. The molecule has 4 aromatic rings. The van der Waals surface area contributed by atoms with E-state index in [4.69, 9.17) is 4.74 Å². The molecule has 1 heterocycles. The average Bonchev–Trinajstić information content (AvgIpc) is 3.45. The van der Waals surface area contributed by atoms with Gasteiger partial charge in [-0.25, -0.2) is 0 Å². The minimum atomic E-state index is -0.580. The maximum Gasteiger partial charge on any atom is 0.306 e. The number of esters is 1. The van der Waals surface area contributed by atoms with E-state index in [1.165, 1.54) is 21.2 Å². The third-order valence-corrected chi connectivity index (χ3v) is 13.2. The molecule has 186 valence electrons. The summed E-state index contributed by atoms with van der Waals surface area (Å²) in [6.45, 7) is 0. The van der Waals surface area contributed by atoms with Crippen molar-refractivity contribution in [3.05, 3.63) is 121 Å². The topological polar surface area (TPSA) is 26.3 Å². The van der Waals surface area contributed by atoms with Gasteiger partial charge in [-0.3, -0.25) is 4.79 Å². The first-order chi connectivity index (χ1) is 17.8. The number of hydrogen-bond donors (Lipinski definition) is 0. The lowest BCUT2D eigenvalue weighted by Gasteiger charge is -2.34. The van der Waals surface area contributed by atoms with Gasteiger partial charge in [0.2, 0.25) is 0 Å². The Hall–Kier alpha value is -2.73. The lowest BCUT2D eigenvalue weighted by Crippen LogP contribution is -2.31. The van der Waals surface area contributed by atoms with Crippen molar-refractivity contribution in [2.24, 2.45) is 11.8 Å². The van der Waals surface area contributed by atoms with Crippen LogP contribution in [0.3, 0.4) is 0 Å². The minimum Gasteiger partial charge on any atom is -0.462 e. The monoisotopic (exact) mass is 522 g/mol. The summed E-state index contributed by atoms with van der Waals surface area (Å²) < 4.78 is 5.94. The number of benzene rings is 4. The highest BCUT2D eigenvalue weighted by atomic mass is 31.1. The fraction of sp³-hybridized carbons (Fsp3) is 0.219. The Balaban J connectivity index is 0.00000280. The molecule has 2 aliphatic rings. The van der Waals surface area contributed by atoms with Crippen LogP contribution in [0.4, 0.5) is 0 Å². The molecule has 1 saturated carbocycles. The highest BCUT2D eigenvalue weighted by Gasteiger charge is 2.53. The molecule has 0 N–H and O–H groups in total. The van der Waals surface area contributed by atoms with Crippen molar-refractivity contribution in [1.82, 2.24) is 0 Å². The minimum absolute atomic E-state index is 0. The first-order valence-electron chi connectivity index (χ1n) is 12.7. The first kappa shape index (κ1) is 25.9. The van der Waals surface area contributed by atoms with Crippen molar-refractivity contribution in [3.8, 4) is 0 Å². The smallest absolute Gasteiger partial charge is 0.306 e. The van der Waals surface area contributed by atoms with E-state index < -0.39 is 15.8 Å². The molecule has 6 rings (SSSR count). The zero-order chi connectivity index (χ0) is 24.3. The molecule has 2 fully saturated rings. The summed E-state index contributed by atoms with van der Waals surface area (Å²) >= 11 is 0. The van der Waals surface area contributed by atoms with E-state index in [-0.39, 0.29) is 20.5 Å². The van der Waals surface area contributed by atoms with E-state index in [0.29, 0.717) is 23.9 Å². The van der Waals surface area contributed by atoms with E-state index in [0.717, 1.165) is 12.6 Å². The first-order valence-corrected chi connectivity index (χ1v) is 15.7. The molecule has 0 bridgehead atoms. The third kappa shape index (κ3) is 5.45. The standard InChI is InChI=1S/C32H30O2P2.BH3/c33-32-21-28-29(23-35(24-13-5-1-6-14-24)25-15-7-2-8-16-25)31(22-30(28)34-32)36(26-17-9-3-10-18-26)27-19-11-4-12-20-27;/h1-20,28-31H,21-23H2;1H3/t28-,29-,30+,31+;/m1./s1. The van der Waals surface area contributed by atoms with Crippen molar-refractivity contribution >= 4 is 51.4 Å². The fourth-order valence-electron chi connectivity index (χ4n) is 6.03. The lowest BCUT2D eigenvalue weighted by molar-refractivity contribution is -0.141. The Morgan fingerprint density at radius 1 is 0.649 bits per heavy atom. The van der Waals surface area contributed by atoms with E-state index >= 15 is 0 Å². The zero-order valence-corrected chi connectivity index (χ0v) is 22.0. The van der Waals surface area contributed by atoms with Gasteiger partial charge in [0.1, 0.15) is 6.10 Å². The Kier molecular flexibility index (Phi) is 8.24. The number of carbonyl (C=O) groups is 1. The van der Waals surface area contributed by atoms with E-state index in [1.54, 1.807) is 0 Å². The van der Waals surface area contributed by atoms with Crippen molar-refractivity contribution < 1.29 is 9.53 Å². The van der Waals surface area contributed by atoms with Gasteiger partial charge >= 0.3 is 5.97 Å². The fourth-order valence-corrected chi connectivity index (χ4v) is 12.1. The van der Waals surface area contributed by atoms with Crippen LogP contribution in [0, 0.1) is 11.8 Å². The third-order valence-electron chi connectivity index (χ3n) is 7.61. The summed E-state index contributed by atoms with van der Waals surface area (Å²) in [6, 6.07) is 44.0. The van der Waals surface area contributed by atoms with Crippen LogP contribution < -0.4 is 21.2 Å². The number of carbonyl (C=O) groups excluding carboxylic acids is 1. The van der Waals surface area contributed by atoms with E-state index in [2.05, 4.69) is 121 Å². The Labute approximate surface area is 224 Å². The van der Waals surface area contributed by atoms with Gasteiger partial charge in [0, 0.05) is 5.92 Å². The van der Waals surface area contributed by atoms with Crippen LogP contribution in [0.1, 0.15) is 12.8 Å². The van der Waals surface area contributed by atoms with Gasteiger partial charge < -0.3 is 4.74 Å². The summed E-state index contributed by atoms with van der Waals surface area (Å²) in [5, 5.41) is 5.66. The van der Waals surface area contributed by atoms with Crippen molar-refractivity contribution in [2.45, 2.75) is 24.6 Å². The second-order valence-corrected chi connectivity index (χ2v) is 14.4. The van der Waals surface area contributed by atoms with Gasteiger partial charge in [-0.1, -0.05) is 121 Å². The van der Waals surface area contributed by atoms with Gasteiger partial charge in [0.25, 0.3) is 0 Å². The van der Waals surface area contributed by atoms with Gasteiger partial charge in [0.05, 0.1) is 14.8 Å².